The lowest BCUT2D eigenvalue weighted by atomic mass is 9.79. The lowest BCUT2D eigenvalue weighted by Gasteiger charge is -2.26. The Morgan fingerprint density at radius 3 is 1.18 bits per heavy atom. The molecule has 0 aromatic heterocycles. The van der Waals surface area contributed by atoms with Gasteiger partial charge in [0.15, 0.2) is 0 Å². The Bertz CT molecular complexity index is 767. The first kappa shape index (κ1) is 36.7. The van der Waals surface area contributed by atoms with Crippen molar-refractivity contribution in [1.82, 2.24) is 0 Å². The third-order valence-corrected chi connectivity index (χ3v) is 10.6. The molecule has 4 aliphatic rings. The Hall–Kier alpha value is -1.18. The summed E-state index contributed by atoms with van der Waals surface area (Å²) in [6, 6.07) is 0. The van der Waals surface area contributed by atoms with E-state index in [-0.39, 0.29) is 24.1 Å². The van der Waals surface area contributed by atoms with Gasteiger partial charge in [0.2, 0.25) is 0 Å². The topological polar surface area (TPSA) is 90.2 Å². The molecule has 8 unspecified atom stereocenters. The summed E-state index contributed by atoms with van der Waals surface area (Å²) in [6.07, 6.45) is 30.1. The predicted molar refractivity (Wildman–Crippen MR) is 177 cm³/mol. The van der Waals surface area contributed by atoms with Crippen LogP contribution < -0.4 is 0 Å². The number of carbonyl (C=O) groups is 2. The average Bonchev–Trinajstić information content (AvgIpc) is 3.95. The molecule has 0 amide bonds. The number of epoxide rings is 3. The molecule has 3 aliphatic heterocycles. The molecule has 4 fully saturated rings. The van der Waals surface area contributed by atoms with E-state index in [2.05, 4.69) is 13.8 Å². The number of ether oxygens (including phenoxy) is 5. The predicted octanol–water partition coefficient (Wildman–Crippen LogP) is 9.02. The van der Waals surface area contributed by atoms with E-state index in [1.165, 1.54) is 116 Å². The molecule has 1 aliphatic carbocycles. The maximum absolute atomic E-state index is 12.9. The van der Waals surface area contributed by atoms with Crippen LogP contribution >= 0.6 is 0 Å². The molecule has 45 heavy (non-hydrogen) atoms. The van der Waals surface area contributed by atoms with Gasteiger partial charge in [-0.25, -0.2) is 0 Å². The second-order valence-corrected chi connectivity index (χ2v) is 14.5. The molecule has 0 N–H and O–H groups in total. The van der Waals surface area contributed by atoms with E-state index in [0.717, 1.165) is 25.7 Å². The third-order valence-electron chi connectivity index (χ3n) is 10.6. The molecule has 7 nitrogen and oxygen atoms in total. The molecule has 0 spiro atoms. The van der Waals surface area contributed by atoms with Crippen molar-refractivity contribution in [3.63, 3.8) is 0 Å². The third kappa shape index (κ3) is 14.2. The standard InChI is InChI=1S/C38H66O7/c1-3-5-21-31-33(43-31)23-17-13-9-7-11-15-19-25-41-37(39)29-27-35-36(45-35)28-30(29)38(40)42-26-20-16-12-8-10-14-18-24-34-32(44-34)22-6-4-2/h29-36H,3-28H2,1-2H3. The molecule has 0 aromatic rings. The molecule has 7 heteroatoms. The average molecular weight is 635 g/mol. The van der Waals surface area contributed by atoms with Crippen molar-refractivity contribution < 1.29 is 33.3 Å². The largest absolute Gasteiger partial charge is 0.465 e. The smallest absolute Gasteiger partial charge is 0.309 e. The van der Waals surface area contributed by atoms with Gasteiger partial charge in [-0.3, -0.25) is 9.59 Å². The van der Waals surface area contributed by atoms with Gasteiger partial charge in [-0.1, -0.05) is 117 Å². The second-order valence-electron chi connectivity index (χ2n) is 14.5. The molecule has 260 valence electrons. The van der Waals surface area contributed by atoms with E-state index < -0.39 is 11.8 Å². The minimum Gasteiger partial charge on any atom is -0.465 e. The van der Waals surface area contributed by atoms with Crippen molar-refractivity contribution in [2.75, 3.05) is 13.2 Å². The second kappa shape index (κ2) is 20.9. The number of hydrogen-bond donors (Lipinski definition) is 0. The number of carbonyl (C=O) groups excluding carboxylic acids is 2. The number of unbranched alkanes of at least 4 members (excludes halogenated alkanes) is 14. The van der Waals surface area contributed by atoms with Crippen molar-refractivity contribution in [2.24, 2.45) is 11.8 Å². The van der Waals surface area contributed by atoms with Crippen LogP contribution in [0.5, 0.6) is 0 Å². The van der Waals surface area contributed by atoms with Crippen molar-refractivity contribution >= 4 is 11.9 Å². The fraction of sp³-hybridized carbons (Fsp3) is 0.947. The molecular formula is C38H66O7. The Morgan fingerprint density at radius 1 is 0.467 bits per heavy atom. The van der Waals surface area contributed by atoms with Crippen LogP contribution in [0.3, 0.4) is 0 Å². The first-order valence-corrected chi connectivity index (χ1v) is 19.4. The highest BCUT2D eigenvalue weighted by atomic mass is 16.6. The van der Waals surface area contributed by atoms with Gasteiger partial charge < -0.3 is 23.7 Å². The van der Waals surface area contributed by atoms with Gasteiger partial charge in [0, 0.05) is 0 Å². The quantitative estimate of drug-likeness (QED) is 0.0482. The maximum atomic E-state index is 12.9. The Balaban J connectivity index is 0.948. The highest BCUT2D eigenvalue weighted by molar-refractivity contribution is 5.82. The minimum absolute atomic E-state index is 0.111. The van der Waals surface area contributed by atoms with E-state index in [9.17, 15) is 9.59 Å². The normalized spacial score (nSPS) is 29.6. The zero-order chi connectivity index (χ0) is 31.7. The zero-order valence-corrected chi connectivity index (χ0v) is 28.9. The van der Waals surface area contributed by atoms with E-state index in [4.69, 9.17) is 23.7 Å². The number of fused-ring (bicyclic) bond motifs is 1. The van der Waals surface area contributed by atoms with Gasteiger partial charge in [-0.2, -0.15) is 0 Å². The lowest BCUT2D eigenvalue weighted by molar-refractivity contribution is -0.162. The summed E-state index contributed by atoms with van der Waals surface area (Å²) in [7, 11) is 0. The van der Waals surface area contributed by atoms with E-state index in [0.29, 0.717) is 50.5 Å². The van der Waals surface area contributed by atoms with Crippen molar-refractivity contribution in [2.45, 2.75) is 205 Å². The van der Waals surface area contributed by atoms with E-state index >= 15 is 0 Å². The Morgan fingerprint density at radius 2 is 0.800 bits per heavy atom. The summed E-state index contributed by atoms with van der Waals surface area (Å²) in [6.45, 7) is 5.37. The summed E-state index contributed by atoms with van der Waals surface area (Å²) < 4.78 is 28.5. The zero-order valence-electron chi connectivity index (χ0n) is 28.9. The number of hydrogen-bond acceptors (Lipinski definition) is 7. The first-order valence-electron chi connectivity index (χ1n) is 19.4. The van der Waals surface area contributed by atoms with Gasteiger partial charge in [0.25, 0.3) is 0 Å². The van der Waals surface area contributed by atoms with Crippen LogP contribution in [-0.4, -0.2) is 61.8 Å². The van der Waals surface area contributed by atoms with Crippen LogP contribution in [0.4, 0.5) is 0 Å². The Labute approximate surface area is 274 Å². The van der Waals surface area contributed by atoms with Crippen LogP contribution in [0, 0.1) is 11.8 Å². The van der Waals surface area contributed by atoms with Crippen molar-refractivity contribution in [3.05, 3.63) is 0 Å². The lowest BCUT2D eigenvalue weighted by Crippen LogP contribution is -2.37. The highest BCUT2D eigenvalue weighted by Gasteiger charge is 2.53. The summed E-state index contributed by atoms with van der Waals surface area (Å²) in [5.41, 5.74) is 0. The summed E-state index contributed by atoms with van der Waals surface area (Å²) in [5.74, 6) is -1.34. The van der Waals surface area contributed by atoms with Gasteiger partial charge in [-0.05, 0) is 51.4 Å². The van der Waals surface area contributed by atoms with Crippen LogP contribution in [0.15, 0.2) is 0 Å². The van der Waals surface area contributed by atoms with Crippen molar-refractivity contribution in [3.8, 4) is 0 Å². The van der Waals surface area contributed by atoms with Gasteiger partial charge in [-0.15, -0.1) is 0 Å². The van der Waals surface area contributed by atoms with Gasteiger partial charge in [0.1, 0.15) is 0 Å². The number of esters is 2. The summed E-state index contributed by atoms with van der Waals surface area (Å²) in [4.78, 5) is 25.9. The first-order chi connectivity index (χ1) is 22.1. The molecule has 0 bridgehead atoms. The number of rotatable bonds is 28. The van der Waals surface area contributed by atoms with Gasteiger partial charge in [0.05, 0.1) is 61.7 Å². The molecule has 4 rings (SSSR count). The van der Waals surface area contributed by atoms with E-state index in [1.54, 1.807) is 0 Å². The fourth-order valence-corrected chi connectivity index (χ4v) is 7.35. The molecule has 8 atom stereocenters. The highest BCUT2D eigenvalue weighted by Crippen LogP contribution is 2.44. The molecule has 3 heterocycles. The Kier molecular flexibility index (Phi) is 17.0. The summed E-state index contributed by atoms with van der Waals surface area (Å²) in [5, 5.41) is 0. The molecule has 0 aromatic carbocycles. The summed E-state index contributed by atoms with van der Waals surface area (Å²) >= 11 is 0. The van der Waals surface area contributed by atoms with Gasteiger partial charge >= 0.3 is 11.9 Å². The van der Waals surface area contributed by atoms with Crippen molar-refractivity contribution in [1.29, 1.82) is 0 Å². The molecular weight excluding hydrogens is 568 g/mol. The minimum atomic E-state index is -0.429. The van der Waals surface area contributed by atoms with Crippen LogP contribution in [0.1, 0.15) is 168 Å². The molecule has 1 saturated carbocycles. The van der Waals surface area contributed by atoms with Crippen LogP contribution in [0.25, 0.3) is 0 Å². The fourth-order valence-electron chi connectivity index (χ4n) is 7.35. The van der Waals surface area contributed by atoms with E-state index in [1.807, 2.05) is 0 Å². The van der Waals surface area contributed by atoms with Crippen LogP contribution in [-0.2, 0) is 33.3 Å². The maximum Gasteiger partial charge on any atom is 0.309 e. The SMILES string of the molecule is CCCCC1OC1CCCCCCCCCOC(=O)C1CC2OC2CC1C(=O)OCCCCCCCCCC1OC1CCCC. The monoisotopic (exact) mass is 634 g/mol. The van der Waals surface area contributed by atoms with Crippen LogP contribution in [0.2, 0.25) is 0 Å². The molecule has 0 radical (unpaired) electrons. The molecule has 3 saturated heterocycles.